The second-order valence-electron chi connectivity index (χ2n) is 5.89. The number of hydrogen-bond acceptors (Lipinski definition) is 2. The quantitative estimate of drug-likeness (QED) is 0.780. The Morgan fingerprint density at radius 1 is 1.38 bits per heavy atom. The first-order valence-electron chi connectivity index (χ1n) is 6.22. The molecule has 0 heterocycles. The normalized spacial score (nSPS) is 34.8. The molecule has 94 valence electrons. The molecular weight excluding hydrogens is 204 g/mol. The van der Waals surface area contributed by atoms with Crippen LogP contribution in [0.4, 0.5) is 0 Å². The zero-order valence-electron chi connectivity index (χ0n) is 10.7. The van der Waals surface area contributed by atoms with Gasteiger partial charge < -0.3 is 10.2 Å². The standard InChI is InChI=1S/C13H24O3/c1-8(2)10-6-5-9(3)7-11(10)13(4,16)12(14)15/h8-11,16H,5-7H2,1-4H3,(H,14,15). The van der Waals surface area contributed by atoms with E-state index in [1.807, 2.05) is 0 Å². The second kappa shape index (κ2) is 4.74. The SMILES string of the molecule is CC1CCC(C(C)C)C(C(C)(O)C(=O)O)C1. The minimum absolute atomic E-state index is 0.117. The molecule has 1 saturated carbocycles. The molecule has 0 amide bonds. The van der Waals surface area contributed by atoms with Crippen molar-refractivity contribution < 1.29 is 15.0 Å². The highest BCUT2D eigenvalue weighted by Gasteiger charge is 2.46. The van der Waals surface area contributed by atoms with Gasteiger partial charge in [0.25, 0.3) is 0 Å². The van der Waals surface area contributed by atoms with E-state index in [-0.39, 0.29) is 5.92 Å². The lowest BCUT2D eigenvalue weighted by Gasteiger charge is -2.43. The Hall–Kier alpha value is -0.570. The minimum atomic E-state index is -1.58. The number of carboxylic acids is 1. The van der Waals surface area contributed by atoms with Gasteiger partial charge in [-0.3, -0.25) is 0 Å². The van der Waals surface area contributed by atoms with Gasteiger partial charge in [0.2, 0.25) is 0 Å². The molecule has 16 heavy (non-hydrogen) atoms. The lowest BCUT2D eigenvalue weighted by molar-refractivity contribution is -0.168. The third kappa shape index (κ3) is 2.57. The van der Waals surface area contributed by atoms with Gasteiger partial charge in [-0.2, -0.15) is 0 Å². The molecule has 2 N–H and O–H groups in total. The van der Waals surface area contributed by atoms with Gasteiger partial charge in [0.15, 0.2) is 5.60 Å². The summed E-state index contributed by atoms with van der Waals surface area (Å²) in [5.74, 6) is 0.0717. The van der Waals surface area contributed by atoms with Gasteiger partial charge in [0, 0.05) is 5.92 Å². The fourth-order valence-corrected chi connectivity index (χ4v) is 3.01. The van der Waals surface area contributed by atoms with Crippen molar-refractivity contribution in [2.24, 2.45) is 23.7 Å². The van der Waals surface area contributed by atoms with Crippen LogP contribution in [0.5, 0.6) is 0 Å². The number of rotatable bonds is 3. The molecule has 0 aromatic carbocycles. The molecule has 1 rings (SSSR count). The summed E-state index contributed by atoms with van der Waals surface area (Å²) in [6, 6.07) is 0. The molecule has 3 heteroatoms. The van der Waals surface area contributed by atoms with Crippen molar-refractivity contribution in [2.45, 2.75) is 52.6 Å². The van der Waals surface area contributed by atoms with Crippen LogP contribution in [0.2, 0.25) is 0 Å². The monoisotopic (exact) mass is 228 g/mol. The summed E-state index contributed by atoms with van der Waals surface area (Å²) < 4.78 is 0. The average molecular weight is 228 g/mol. The highest BCUT2D eigenvalue weighted by molar-refractivity contribution is 5.77. The molecule has 0 aromatic heterocycles. The summed E-state index contributed by atoms with van der Waals surface area (Å²) in [5, 5.41) is 19.3. The lowest BCUT2D eigenvalue weighted by atomic mass is 9.64. The molecule has 0 radical (unpaired) electrons. The van der Waals surface area contributed by atoms with Crippen molar-refractivity contribution in [2.75, 3.05) is 0 Å². The van der Waals surface area contributed by atoms with Gasteiger partial charge in [0.1, 0.15) is 0 Å². The molecule has 1 fully saturated rings. The topological polar surface area (TPSA) is 57.5 Å². The van der Waals surface area contributed by atoms with Crippen LogP contribution in [-0.2, 0) is 4.79 Å². The van der Waals surface area contributed by atoms with Gasteiger partial charge >= 0.3 is 5.97 Å². The van der Waals surface area contributed by atoms with Crippen molar-refractivity contribution >= 4 is 5.97 Å². The van der Waals surface area contributed by atoms with E-state index < -0.39 is 11.6 Å². The largest absolute Gasteiger partial charge is 0.479 e. The third-order valence-corrected chi connectivity index (χ3v) is 4.18. The lowest BCUT2D eigenvalue weighted by Crippen LogP contribution is -2.49. The number of aliphatic carboxylic acids is 1. The van der Waals surface area contributed by atoms with Gasteiger partial charge in [-0.1, -0.05) is 27.2 Å². The third-order valence-electron chi connectivity index (χ3n) is 4.18. The van der Waals surface area contributed by atoms with Gasteiger partial charge in [0.05, 0.1) is 0 Å². The smallest absolute Gasteiger partial charge is 0.335 e. The van der Waals surface area contributed by atoms with Crippen LogP contribution in [0, 0.1) is 23.7 Å². The summed E-state index contributed by atoms with van der Waals surface area (Å²) in [4.78, 5) is 11.1. The van der Waals surface area contributed by atoms with E-state index >= 15 is 0 Å². The van der Waals surface area contributed by atoms with Crippen LogP contribution in [0.1, 0.15) is 47.0 Å². The summed E-state index contributed by atoms with van der Waals surface area (Å²) in [7, 11) is 0. The first kappa shape index (κ1) is 13.5. The van der Waals surface area contributed by atoms with Crippen molar-refractivity contribution in [3.8, 4) is 0 Å². The maximum absolute atomic E-state index is 11.1. The van der Waals surface area contributed by atoms with E-state index in [1.54, 1.807) is 0 Å². The van der Waals surface area contributed by atoms with E-state index in [2.05, 4.69) is 20.8 Å². The summed E-state index contributed by atoms with van der Waals surface area (Å²) in [6.45, 7) is 7.83. The Balaban J connectivity index is 2.91. The van der Waals surface area contributed by atoms with Crippen LogP contribution < -0.4 is 0 Å². The Labute approximate surface area is 97.9 Å². The van der Waals surface area contributed by atoms with Crippen LogP contribution in [0.15, 0.2) is 0 Å². The zero-order chi connectivity index (χ0) is 12.5. The van der Waals surface area contributed by atoms with E-state index in [4.69, 9.17) is 5.11 Å². The first-order valence-corrected chi connectivity index (χ1v) is 6.22. The number of hydrogen-bond donors (Lipinski definition) is 2. The maximum atomic E-state index is 11.1. The fraction of sp³-hybridized carbons (Fsp3) is 0.923. The summed E-state index contributed by atoms with van der Waals surface area (Å²) >= 11 is 0. The first-order chi connectivity index (χ1) is 7.26. The molecule has 1 aliphatic carbocycles. The molecule has 1 aliphatic rings. The predicted octanol–water partition coefficient (Wildman–Crippen LogP) is 2.53. The van der Waals surface area contributed by atoms with Crippen LogP contribution in [0.25, 0.3) is 0 Å². The highest BCUT2D eigenvalue weighted by Crippen LogP contribution is 2.43. The van der Waals surface area contributed by atoms with Crippen LogP contribution in [-0.4, -0.2) is 21.8 Å². The van der Waals surface area contributed by atoms with Crippen molar-refractivity contribution in [1.82, 2.24) is 0 Å². The van der Waals surface area contributed by atoms with Gasteiger partial charge in [-0.25, -0.2) is 4.79 Å². The van der Waals surface area contributed by atoms with Crippen molar-refractivity contribution in [3.63, 3.8) is 0 Å². The molecule has 0 aromatic rings. The number of aliphatic hydroxyl groups is 1. The maximum Gasteiger partial charge on any atom is 0.335 e. The molecule has 4 atom stereocenters. The van der Waals surface area contributed by atoms with Crippen molar-refractivity contribution in [1.29, 1.82) is 0 Å². The molecule has 3 nitrogen and oxygen atoms in total. The number of carbonyl (C=O) groups is 1. The number of carboxylic acid groups (broad SMARTS) is 1. The predicted molar refractivity (Wildman–Crippen MR) is 63.1 cm³/mol. The Morgan fingerprint density at radius 2 is 1.94 bits per heavy atom. The molecule has 0 saturated heterocycles. The van der Waals surface area contributed by atoms with Crippen LogP contribution >= 0.6 is 0 Å². The minimum Gasteiger partial charge on any atom is -0.479 e. The summed E-state index contributed by atoms with van der Waals surface area (Å²) in [5.41, 5.74) is -1.58. The second-order valence-corrected chi connectivity index (χ2v) is 5.89. The van der Waals surface area contributed by atoms with E-state index in [9.17, 15) is 9.90 Å². The zero-order valence-corrected chi connectivity index (χ0v) is 10.7. The molecule has 0 aliphatic heterocycles. The van der Waals surface area contributed by atoms with E-state index in [0.717, 1.165) is 19.3 Å². The Morgan fingerprint density at radius 3 is 2.38 bits per heavy atom. The molecule has 0 bridgehead atoms. The molecular formula is C13H24O3. The van der Waals surface area contributed by atoms with E-state index in [1.165, 1.54) is 6.92 Å². The Kier molecular flexibility index (Phi) is 4.00. The average Bonchev–Trinajstić information content (AvgIpc) is 2.16. The molecule has 4 unspecified atom stereocenters. The van der Waals surface area contributed by atoms with Crippen molar-refractivity contribution in [3.05, 3.63) is 0 Å². The van der Waals surface area contributed by atoms with Crippen LogP contribution in [0.3, 0.4) is 0 Å². The highest BCUT2D eigenvalue weighted by atomic mass is 16.4. The molecule has 0 spiro atoms. The van der Waals surface area contributed by atoms with E-state index in [0.29, 0.717) is 17.8 Å². The fourth-order valence-electron chi connectivity index (χ4n) is 3.01. The Bertz CT molecular complexity index is 258. The van der Waals surface area contributed by atoms with Gasteiger partial charge in [-0.15, -0.1) is 0 Å². The van der Waals surface area contributed by atoms with Gasteiger partial charge in [-0.05, 0) is 37.5 Å². The summed E-state index contributed by atoms with van der Waals surface area (Å²) in [6.07, 6.45) is 3.00.